The van der Waals surface area contributed by atoms with Crippen LogP contribution in [0.1, 0.15) is 29.9 Å². The number of piperidine rings is 1. The van der Waals surface area contributed by atoms with Crippen molar-refractivity contribution in [1.29, 1.82) is 0 Å². The highest BCUT2D eigenvalue weighted by Gasteiger charge is 2.24. The molecule has 1 saturated heterocycles. The van der Waals surface area contributed by atoms with Crippen LogP contribution < -0.4 is 5.32 Å². The number of pyridine rings is 1. The van der Waals surface area contributed by atoms with Crippen LogP contribution in [0.15, 0.2) is 30.5 Å². The number of rotatable bonds is 6. The van der Waals surface area contributed by atoms with E-state index in [1.165, 1.54) is 0 Å². The SMILES string of the molecule is Cc1cc(C)n(CCNC(=O)N2CCCC(OCc3ccccn3)C2)n1. The molecule has 3 heterocycles. The topological polar surface area (TPSA) is 72.3 Å². The molecule has 3 rings (SSSR count). The first-order chi connectivity index (χ1) is 12.6. The van der Waals surface area contributed by atoms with E-state index in [-0.39, 0.29) is 12.1 Å². The standard InChI is InChI=1S/C19H27N5O2/c1-15-12-16(2)24(22-15)11-9-21-19(25)23-10-5-7-18(13-23)26-14-17-6-3-4-8-20-17/h3-4,6,8,12,18H,5,7,9-11,13-14H2,1-2H3,(H,21,25). The first-order valence-electron chi connectivity index (χ1n) is 9.17. The van der Waals surface area contributed by atoms with Crippen LogP contribution in [0.5, 0.6) is 0 Å². The summed E-state index contributed by atoms with van der Waals surface area (Å²) in [6, 6.07) is 7.80. The second-order valence-electron chi connectivity index (χ2n) is 6.72. The van der Waals surface area contributed by atoms with Crippen LogP contribution in [0, 0.1) is 13.8 Å². The van der Waals surface area contributed by atoms with Crippen molar-refractivity contribution in [2.45, 2.75) is 45.9 Å². The number of amides is 2. The number of aromatic nitrogens is 3. The molecule has 1 N–H and O–H groups in total. The summed E-state index contributed by atoms with van der Waals surface area (Å²) in [7, 11) is 0. The van der Waals surface area contributed by atoms with Crippen molar-refractivity contribution in [2.24, 2.45) is 0 Å². The number of ether oxygens (including phenoxy) is 1. The summed E-state index contributed by atoms with van der Waals surface area (Å²) in [4.78, 5) is 18.5. The van der Waals surface area contributed by atoms with Crippen molar-refractivity contribution < 1.29 is 9.53 Å². The van der Waals surface area contributed by atoms with E-state index < -0.39 is 0 Å². The zero-order valence-corrected chi connectivity index (χ0v) is 15.5. The van der Waals surface area contributed by atoms with Crippen molar-refractivity contribution in [2.75, 3.05) is 19.6 Å². The average Bonchev–Trinajstić information content (AvgIpc) is 2.98. The molecule has 140 valence electrons. The quantitative estimate of drug-likeness (QED) is 0.861. The lowest BCUT2D eigenvalue weighted by atomic mass is 10.1. The van der Waals surface area contributed by atoms with Crippen molar-refractivity contribution in [3.05, 3.63) is 47.5 Å². The van der Waals surface area contributed by atoms with Gasteiger partial charge in [-0.15, -0.1) is 0 Å². The highest BCUT2D eigenvalue weighted by molar-refractivity contribution is 5.74. The Labute approximate surface area is 154 Å². The molecule has 0 aromatic carbocycles. The maximum atomic E-state index is 12.4. The highest BCUT2D eigenvalue weighted by atomic mass is 16.5. The van der Waals surface area contributed by atoms with E-state index in [2.05, 4.69) is 15.4 Å². The summed E-state index contributed by atoms with van der Waals surface area (Å²) >= 11 is 0. The maximum Gasteiger partial charge on any atom is 0.317 e. The van der Waals surface area contributed by atoms with Crippen LogP contribution in [-0.4, -0.2) is 51.4 Å². The molecule has 0 radical (unpaired) electrons. The molecule has 0 saturated carbocycles. The van der Waals surface area contributed by atoms with Gasteiger partial charge in [-0.05, 0) is 44.9 Å². The predicted molar refractivity (Wildman–Crippen MR) is 98.7 cm³/mol. The van der Waals surface area contributed by atoms with Crippen LogP contribution in [0.3, 0.4) is 0 Å². The van der Waals surface area contributed by atoms with E-state index in [9.17, 15) is 4.79 Å². The van der Waals surface area contributed by atoms with E-state index in [0.717, 1.165) is 36.5 Å². The van der Waals surface area contributed by atoms with Gasteiger partial charge in [-0.2, -0.15) is 5.10 Å². The number of hydrogen-bond donors (Lipinski definition) is 1. The van der Waals surface area contributed by atoms with Gasteiger partial charge in [-0.1, -0.05) is 6.07 Å². The van der Waals surface area contributed by atoms with Gasteiger partial charge in [0.25, 0.3) is 0 Å². The van der Waals surface area contributed by atoms with Gasteiger partial charge < -0.3 is 15.0 Å². The summed E-state index contributed by atoms with van der Waals surface area (Å²) in [6.07, 6.45) is 3.76. The third-order valence-corrected chi connectivity index (χ3v) is 4.56. The normalized spacial score (nSPS) is 17.3. The Morgan fingerprint density at radius 2 is 2.27 bits per heavy atom. The monoisotopic (exact) mass is 357 g/mol. The minimum absolute atomic E-state index is 0.0299. The first-order valence-corrected chi connectivity index (χ1v) is 9.17. The van der Waals surface area contributed by atoms with Crippen molar-refractivity contribution >= 4 is 6.03 Å². The zero-order chi connectivity index (χ0) is 18.4. The molecule has 1 unspecified atom stereocenters. The van der Waals surface area contributed by atoms with Crippen LogP contribution in [0.25, 0.3) is 0 Å². The van der Waals surface area contributed by atoms with E-state index in [1.54, 1.807) is 6.20 Å². The number of hydrogen-bond acceptors (Lipinski definition) is 4. The molecule has 0 spiro atoms. The molecule has 7 nitrogen and oxygen atoms in total. The maximum absolute atomic E-state index is 12.4. The Morgan fingerprint density at radius 1 is 1.38 bits per heavy atom. The lowest BCUT2D eigenvalue weighted by molar-refractivity contribution is -0.00165. The van der Waals surface area contributed by atoms with Gasteiger partial charge in [0.05, 0.1) is 30.6 Å². The largest absolute Gasteiger partial charge is 0.370 e. The Morgan fingerprint density at radius 3 is 3.00 bits per heavy atom. The second kappa shape index (κ2) is 8.80. The van der Waals surface area contributed by atoms with Crippen molar-refractivity contribution in [1.82, 2.24) is 25.0 Å². The third-order valence-electron chi connectivity index (χ3n) is 4.56. The predicted octanol–water partition coefficient (Wildman–Crippen LogP) is 2.29. The zero-order valence-electron chi connectivity index (χ0n) is 15.5. The van der Waals surface area contributed by atoms with E-state index in [0.29, 0.717) is 26.2 Å². The van der Waals surface area contributed by atoms with Crippen LogP contribution in [0.2, 0.25) is 0 Å². The van der Waals surface area contributed by atoms with Crippen molar-refractivity contribution in [3.63, 3.8) is 0 Å². The molecule has 2 aromatic rings. The fourth-order valence-corrected chi connectivity index (χ4v) is 3.23. The summed E-state index contributed by atoms with van der Waals surface area (Å²) in [5.74, 6) is 0. The summed E-state index contributed by atoms with van der Waals surface area (Å²) in [5, 5.41) is 7.40. The number of aryl methyl sites for hydroxylation is 2. The number of urea groups is 1. The average molecular weight is 357 g/mol. The smallest absolute Gasteiger partial charge is 0.317 e. The molecular weight excluding hydrogens is 330 g/mol. The van der Waals surface area contributed by atoms with Gasteiger partial charge in [0, 0.05) is 31.5 Å². The number of carbonyl (C=O) groups is 1. The van der Waals surface area contributed by atoms with Crippen LogP contribution in [-0.2, 0) is 17.9 Å². The molecule has 1 aliphatic rings. The van der Waals surface area contributed by atoms with Gasteiger partial charge in [-0.25, -0.2) is 4.79 Å². The molecule has 7 heteroatoms. The Kier molecular flexibility index (Phi) is 6.22. The van der Waals surface area contributed by atoms with E-state index >= 15 is 0 Å². The van der Waals surface area contributed by atoms with E-state index in [1.807, 2.05) is 47.7 Å². The number of carbonyl (C=O) groups excluding carboxylic acids is 1. The first kappa shape index (κ1) is 18.4. The Hall–Kier alpha value is -2.41. The minimum Gasteiger partial charge on any atom is -0.370 e. The van der Waals surface area contributed by atoms with Gasteiger partial charge in [-0.3, -0.25) is 9.67 Å². The van der Waals surface area contributed by atoms with E-state index in [4.69, 9.17) is 4.74 Å². The fourth-order valence-electron chi connectivity index (χ4n) is 3.23. The van der Waals surface area contributed by atoms with Gasteiger partial charge in [0.2, 0.25) is 0 Å². The number of likely N-dealkylation sites (tertiary alicyclic amines) is 1. The van der Waals surface area contributed by atoms with Gasteiger partial charge in [0.1, 0.15) is 0 Å². The molecule has 0 aliphatic carbocycles. The molecule has 1 atom stereocenters. The molecule has 2 aromatic heterocycles. The highest BCUT2D eigenvalue weighted by Crippen LogP contribution is 2.14. The lowest BCUT2D eigenvalue weighted by Crippen LogP contribution is -2.48. The van der Waals surface area contributed by atoms with Crippen LogP contribution in [0.4, 0.5) is 4.79 Å². The number of nitrogens with zero attached hydrogens (tertiary/aromatic N) is 4. The third kappa shape index (κ3) is 5.05. The minimum atomic E-state index is -0.0299. The number of nitrogens with one attached hydrogen (secondary N) is 1. The Balaban J connectivity index is 1.41. The van der Waals surface area contributed by atoms with Crippen molar-refractivity contribution in [3.8, 4) is 0 Å². The molecule has 1 fully saturated rings. The molecule has 26 heavy (non-hydrogen) atoms. The lowest BCUT2D eigenvalue weighted by Gasteiger charge is -2.32. The molecular formula is C19H27N5O2. The van der Waals surface area contributed by atoms with Crippen LogP contribution >= 0.6 is 0 Å². The molecule has 2 amide bonds. The van der Waals surface area contributed by atoms with Gasteiger partial charge in [0.15, 0.2) is 0 Å². The Bertz CT molecular complexity index is 716. The summed E-state index contributed by atoms with van der Waals surface area (Å²) in [5.41, 5.74) is 3.02. The fraction of sp³-hybridized carbons (Fsp3) is 0.526. The molecule has 1 aliphatic heterocycles. The molecule has 0 bridgehead atoms. The summed E-state index contributed by atoms with van der Waals surface area (Å²) in [6.45, 7) is 7.12. The summed E-state index contributed by atoms with van der Waals surface area (Å²) < 4.78 is 7.86. The van der Waals surface area contributed by atoms with Gasteiger partial charge >= 0.3 is 6.03 Å². The second-order valence-corrected chi connectivity index (χ2v) is 6.72.